The van der Waals surface area contributed by atoms with Gasteiger partial charge in [0, 0.05) is 16.1 Å². The lowest BCUT2D eigenvalue weighted by molar-refractivity contribution is 0.0887. The van der Waals surface area contributed by atoms with Gasteiger partial charge in [0.1, 0.15) is 0 Å². The predicted molar refractivity (Wildman–Crippen MR) is 74.2 cm³/mol. The Hall–Kier alpha value is -1.06. The Balaban J connectivity index is 2.11. The second-order valence-corrected chi connectivity index (χ2v) is 5.66. The summed E-state index contributed by atoms with van der Waals surface area (Å²) < 4.78 is 0. The molecule has 0 aliphatic carbocycles. The summed E-state index contributed by atoms with van der Waals surface area (Å²) in [5.41, 5.74) is 1.52. The molecule has 1 amide bonds. The number of benzene rings is 1. The summed E-state index contributed by atoms with van der Waals surface area (Å²) in [5, 5.41) is 7.12. The number of rotatable bonds is 2. The van der Waals surface area contributed by atoms with E-state index in [0.29, 0.717) is 10.6 Å². The van der Waals surface area contributed by atoms with Gasteiger partial charge in [-0.25, -0.2) is 0 Å². The van der Waals surface area contributed by atoms with Crippen LogP contribution in [0.4, 0.5) is 0 Å². The Morgan fingerprint density at radius 3 is 2.67 bits per heavy atom. The molecule has 0 radical (unpaired) electrons. The van der Waals surface area contributed by atoms with Gasteiger partial charge >= 0.3 is 0 Å². The topological polar surface area (TPSA) is 41.1 Å². The molecule has 0 bridgehead atoms. The van der Waals surface area contributed by atoms with E-state index in [9.17, 15) is 4.79 Å². The highest BCUT2D eigenvalue weighted by atomic mass is 35.5. The van der Waals surface area contributed by atoms with E-state index >= 15 is 0 Å². The van der Waals surface area contributed by atoms with Crippen LogP contribution in [0, 0.1) is 6.92 Å². The molecule has 2 N–H and O–H groups in total. The van der Waals surface area contributed by atoms with Crippen LogP contribution in [0.1, 0.15) is 35.7 Å². The van der Waals surface area contributed by atoms with Crippen molar-refractivity contribution >= 4 is 17.5 Å². The number of carbonyl (C=O) groups excluding carboxylic acids is 1. The first-order valence-electron chi connectivity index (χ1n) is 6.30. The van der Waals surface area contributed by atoms with Gasteiger partial charge in [-0.05, 0) is 63.5 Å². The zero-order chi connectivity index (χ0) is 13.2. The molecular weight excluding hydrogens is 248 g/mol. The first kappa shape index (κ1) is 13.4. The van der Waals surface area contributed by atoms with Crippen LogP contribution in [0.3, 0.4) is 0 Å². The molecule has 1 aromatic rings. The summed E-state index contributed by atoms with van der Waals surface area (Å²) >= 11 is 5.90. The van der Waals surface area contributed by atoms with Gasteiger partial charge in [-0.1, -0.05) is 11.6 Å². The zero-order valence-corrected chi connectivity index (χ0v) is 11.6. The van der Waals surface area contributed by atoms with Gasteiger partial charge in [-0.15, -0.1) is 0 Å². The van der Waals surface area contributed by atoms with Crippen LogP contribution >= 0.6 is 11.6 Å². The lowest BCUT2D eigenvalue weighted by Crippen LogP contribution is -2.52. The van der Waals surface area contributed by atoms with Crippen molar-refractivity contribution in [2.24, 2.45) is 0 Å². The van der Waals surface area contributed by atoms with E-state index in [1.54, 1.807) is 12.1 Å². The molecule has 0 spiro atoms. The fourth-order valence-corrected chi connectivity index (χ4v) is 2.55. The maximum Gasteiger partial charge on any atom is 0.251 e. The van der Waals surface area contributed by atoms with Crippen LogP contribution in [-0.2, 0) is 0 Å². The van der Waals surface area contributed by atoms with Crippen molar-refractivity contribution in [1.82, 2.24) is 10.6 Å². The van der Waals surface area contributed by atoms with E-state index in [-0.39, 0.29) is 11.4 Å². The molecule has 0 aromatic heterocycles. The van der Waals surface area contributed by atoms with E-state index in [1.807, 2.05) is 13.0 Å². The van der Waals surface area contributed by atoms with E-state index in [4.69, 9.17) is 11.6 Å². The van der Waals surface area contributed by atoms with Gasteiger partial charge in [0.25, 0.3) is 5.91 Å². The number of nitrogens with one attached hydrogen (secondary N) is 2. The smallest absolute Gasteiger partial charge is 0.251 e. The number of hydrogen-bond donors (Lipinski definition) is 2. The molecule has 1 aromatic carbocycles. The third-order valence-electron chi connectivity index (χ3n) is 3.56. The molecule has 0 atom stereocenters. The van der Waals surface area contributed by atoms with Crippen molar-refractivity contribution in [2.45, 2.75) is 32.2 Å². The van der Waals surface area contributed by atoms with Crippen molar-refractivity contribution in [3.8, 4) is 0 Å². The lowest BCUT2D eigenvalue weighted by Gasteiger charge is -2.35. The van der Waals surface area contributed by atoms with Crippen LogP contribution < -0.4 is 10.6 Å². The molecule has 1 saturated heterocycles. The Morgan fingerprint density at radius 1 is 1.39 bits per heavy atom. The summed E-state index contributed by atoms with van der Waals surface area (Å²) in [6, 6.07) is 5.37. The first-order chi connectivity index (χ1) is 8.50. The molecule has 0 saturated carbocycles. The summed E-state index contributed by atoms with van der Waals surface area (Å²) in [6.07, 6.45) is 1.93. The molecule has 1 fully saturated rings. The van der Waals surface area contributed by atoms with Gasteiger partial charge in [0.2, 0.25) is 0 Å². The zero-order valence-electron chi connectivity index (χ0n) is 10.8. The van der Waals surface area contributed by atoms with Gasteiger partial charge in [0.15, 0.2) is 0 Å². The van der Waals surface area contributed by atoms with Crippen molar-refractivity contribution in [3.63, 3.8) is 0 Å². The predicted octanol–water partition coefficient (Wildman–Crippen LogP) is 2.52. The second-order valence-electron chi connectivity index (χ2n) is 5.22. The van der Waals surface area contributed by atoms with E-state index < -0.39 is 0 Å². The Morgan fingerprint density at radius 2 is 2.06 bits per heavy atom. The van der Waals surface area contributed by atoms with Crippen LogP contribution in [0.25, 0.3) is 0 Å². The minimum Gasteiger partial charge on any atom is -0.347 e. The summed E-state index contributed by atoms with van der Waals surface area (Å²) in [7, 11) is 0. The number of aryl methyl sites for hydroxylation is 1. The number of piperidine rings is 1. The molecule has 4 heteroatoms. The highest BCUT2D eigenvalue weighted by molar-refractivity contribution is 6.30. The quantitative estimate of drug-likeness (QED) is 0.864. The number of hydrogen-bond acceptors (Lipinski definition) is 2. The van der Waals surface area contributed by atoms with Crippen molar-refractivity contribution in [3.05, 3.63) is 34.3 Å². The van der Waals surface area contributed by atoms with Crippen LogP contribution in [0.5, 0.6) is 0 Å². The Labute approximate surface area is 113 Å². The average Bonchev–Trinajstić information content (AvgIpc) is 2.28. The first-order valence-corrected chi connectivity index (χ1v) is 6.67. The third-order valence-corrected chi connectivity index (χ3v) is 3.79. The standard InChI is InChI=1S/C14H19ClN2O/c1-10-9-11(15)3-4-12(10)13(18)17-14(2)5-7-16-8-6-14/h3-4,9,16H,5-8H2,1-2H3,(H,17,18). The summed E-state index contributed by atoms with van der Waals surface area (Å²) in [6.45, 7) is 5.93. The second kappa shape index (κ2) is 5.29. The Bertz CT molecular complexity index is 453. The van der Waals surface area contributed by atoms with Gasteiger partial charge in [0.05, 0.1) is 0 Å². The third kappa shape index (κ3) is 3.03. The maximum atomic E-state index is 12.3. The summed E-state index contributed by atoms with van der Waals surface area (Å²) in [5.74, 6) is -0.00596. The van der Waals surface area contributed by atoms with Crippen LogP contribution in [-0.4, -0.2) is 24.5 Å². The van der Waals surface area contributed by atoms with Gasteiger partial charge in [-0.3, -0.25) is 4.79 Å². The summed E-state index contributed by atoms with van der Waals surface area (Å²) in [4.78, 5) is 12.3. The fraction of sp³-hybridized carbons (Fsp3) is 0.500. The highest BCUT2D eigenvalue weighted by Crippen LogP contribution is 2.20. The molecule has 1 aliphatic rings. The van der Waals surface area contributed by atoms with Crippen LogP contribution in [0.2, 0.25) is 5.02 Å². The highest BCUT2D eigenvalue weighted by Gasteiger charge is 2.28. The number of carbonyl (C=O) groups is 1. The molecule has 0 unspecified atom stereocenters. The van der Waals surface area contributed by atoms with Crippen LogP contribution in [0.15, 0.2) is 18.2 Å². The Kier molecular flexibility index (Phi) is 3.93. The monoisotopic (exact) mass is 266 g/mol. The number of halogens is 1. The van der Waals surface area contributed by atoms with Crippen molar-refractivity contribution in [2.75, 3.05) is 13.1 Å². The van der Waals surface area contributed by atoms with E-state index in [2.05, 4.69) is 17.6 Å². The maximum absolute atomic E-state index is 12.3. The minimum atomic E-state index is -0.103. The molecular formula is C14H19ClN2O. The van der Waals surface area contributed by atoms with Gasteiger partial charge in [-0.2, -0.15) is 0 Å². The SMILES string of the molecule is Cc1cc(Cl)ccc1C(=O)NC1(C)CCNCC1. The van der Waals surface area contributed by atoms with Gasteiger partial charge < -0.3 is 10.6 Å². The molecule has 98 valence electrons. The normalized spacial score (nSPS) is 18.4. The molecule has 18 heavy (non-hydrogen) atoms. The molecule has 1 heterocycles. The fourth-order valence-electron chi connectivity index (χ4n) is 2.33. The largest absolute Gasteiger partial charge is 0.347 e. The number of amides is 1. The van der Waals surface area contributed by atoms with E-state index in [0.717, 1.165) is 31.5 Å². The van der Waals surface area contributed by atoms with E-state index in [1.165, 1.54) is 0 Å². The average molecular weight is 267 g/mol. The minimum absolute atomic E-state index is 0.00596. The molecule has 3 nitrogen and oxygen atoms in total. The molecule has 2 rings (SSSR count). The lowest BCUT2D eigenvalue weighted by atomic mass is 9.90. The molecule has 1 aliphatic heterocycles. The van der Waals surface area contributed by atoms with Crippen molar-refractivity contribution in [1.29, 1.82) is 0 Å². The van der Waals surface area contributed by atoms with Crippen molar-refractivity contribution < 1.29 is 4.79 Å².